The Kier molecular flexibility index (Phi) is 3.52. The Morgan fingerprint density at radius 3 is 2.71 bits per heavy atom. The van der Waals surface area contributed by atoms with Crippen LogP contribution in [0.4, 0.5) is 0 Å². The van der Waals surface area contributed by atoms with Crippen molar-refractivity contribution in [1.29, 1.82) is 0 Å². The van der Waals surface area contributed by atoms with Crippen molar-refractivity contribution in [2.75, 3.05) is 6.54 Å². The van der Waals surface area contributed by atoms with E-state index in [4.69, 9.17) is 5.11 Å². The van der Waals surface area contributed by atoms with Crippen molar-refractivity contribution < 1.29 is 14.7 Å². The second-order valence-corrected chi connectivity index (χ2v) is 3.60. The highest BCUT2D eigenvalue weighted by molar-refractivity contribution is 7.13. The highest BCUT2D eigenvalue weighted by Crippen LogP contribution is 2.09. The van der Waals surface area contributed by atoms with E-state index in [0.717, 1.165) is 11.3 Å². The second kappa shape index (κ2) is 4.66. The maximum atomic E-state index is 10.5. The number of aromatic carboxylic acids is 1. The Balaban J connectivity index is 2.44. The molecule has 2 N–H and O–H groups in total. The molecule has 0 aliphatic rings. The van der Waals surface area contributed by atoms with Crippen LogP contribution in [0.3, 0.4) is 0 Å². The Bertz CT molecular complexity index is 350. The minimum Gasteiger partial charge on any atom is -0.476 e. The second-order valence-electron chi connectivity index (χ2n) is 2.54. The predicted octanol–water partition coefficient (Wildman–Crippen LogP) is -0.0851. The molecular formula is C7H9N3O3S. The van der Waals surface area contributed by atoms with Crippen LogP contribution < -0.4 is 5.32 Å². The lowest BCUT2D eigenvalue weighted by molar-refractivity contribution is -0.118. The molecule has 76 valence electrons. The first kappa shape index (κ1) is 10.6. The van der Waals surface area contributed by atoms with Crippen molar-refractivity contribution >= 4 is 23.2 Å². The van der Waals surface area contributed by atoms with Gasteiger partial charge in [-0.1, -0.05) is 11.3 Å². The normalized spacial score (nSPS) is 9.79. The van der Waals surface area contributed by atoms with E-state index in [1.54, 1.807) is 0 Å². The van der Waals surface area contributed by atoms with E-state index in [1.165, 1.54) is 6.92 Å². The Labute approximate surface area is 84.0 Å². The maximum absolute atomic E-state index is 10.5. The fraction of sp³-hybridized carbons (Fsp3) is 0.429. The van der Waals surface area contributed by atoms with Gasteiger partial charge in [-0.15, -0.1) is 10.2 Å². The van der Waals surface area contributed by atoms with Gasteiger partial charge in [0.2, 0.25) is 10.9 Å². The average Bonchev–Trinajstić information content (AvgIpc) is 2.52. The maximum Gasteiger partial charge on any atom is 0.367 e. The molecule has 1 aromatic rings. The minimum absolute atomic E-state index is 0.0252. The molecule has 1 rings (SSSR count). The van der Waals surface area contributed by atoms with Crippen LogP contribution in [-0.4, -0.2) is 33.7 Å². The summed E-state index contributed by atoms with van der Waals surface area (Å²) in [7, 11) is 0. The summed E-state index contributed by atoms with van der Waals surface area (Å²) < 4.78 is 0. The number of carboxylic acids is 1. The number of hydrogen-bond donors (Lipinski definition) is 2. The molecule has 14 heavy (non-hydrogen) atoms. The van der Waals surface area contributed by atoms with Crippen LogP contribution >= 0.6 is 11.3 Å². The van der Waals surface area contributed by atoms with E-state index in [9.17, 15) is 9.59 Å². The predicted molar refractivity (Wildman–Crippen MR) is 49.3 cm³/mol. The highest BCUT2D eigenvalue weighted by Gasteiger charge is 2.10. The molecule has 1 aromatic heterocycles. The number of amides is 1. The smallest absolute Gasteiger partial charge is 0.367 e. The first-order valence-corrected chi connectivity index (χ1v) is 4.71. The van der Waals surface area contributed by atoms with E-state index >= 15 is 0 Å². The molecule has 0 unspecified atom stereocenters. The zero-order valence-corrected chi connectivity index (χ0v) is 8.30. The van der Waals surface area contributed by atoms with Crippen LogP contribution in [0, 0.1) is 0 Å². The molecule has 0 aliphatic carbocycles. The van der Waals surface area contributed by atoms with Crippen molar-refractivity contribution in [2.24, 2.45) is 0 Å². The number of carbonyl (C=O) groups is 2. The third-order valence-electron chi connectivity index (χ3n) is 1.36. The van der Waals surface area contributed by atoms with Gasteiger partial charge in [0.15, 0.2) is 0 Å². The van der Waals surface area contributed by atoms with Gasteiger partial charge in [0.05, 0.1) is 0 Å². The van der Waals surface area contributed by atoms with E-state index in [-0.39, 0.29) is 10.9 Å². The molecule has 1 amide bonds. The largest absolute Gasteiger partial charge is 0.476 e. The standard InChI is InChI=1S/C7H9N3O3S/c1-4(11)8-3-2-5-9-10-6(14-5)7(12)13/h2-3H2,1H3,(H,8,11)(H,12,13). The third-order valence-corrected chi connectivity index (χ3v) is 2.33. The van der Waals surface area contributed by atoms with Crippen LogP contribution in [0.2, 0.25) is 0 Å². The molecule has 6 nitrogen and oxygen atoms in total. The fourth-order valence-electron chi connectivity index (χ4n) is 0.787. The number of hydrogen-bond acceptors (Lipinski definition) is 5. The molecule has 0 bridgehead atoms. The molecule has 0 saturated heterocycles. The summed E-state index contributed by atoms with van der Waals surface area (Å²) in [5, 5.41) is 18.9. The van der Waals surface area contributed by atoms with Crippen molar-refractivity contribution in [3.8, 4) is 0 Å². The first-order valence-electron chi connectivity index (χ1n) is 3.89. The Hall–Kier alpha value is -1.50. The van der Waals surface area contributed by atoms with Gasteiger partial charge in [0.25, 0.3) is 0 Å². The summed E-state index contributed by atoms with van der Waals surface area (Å²) in [4.78, 5) is 20.9. The van der Waals surface area contributed by atoms with Gasteiger partial charge in [-0.05, 0) is 0 Å². The lowest BCUT2D eigenvalue weighted by atomic mass is 10.4. The number of carbonyl (C=O) groups excluding carboxylic acids is 1. The van der Waals surface area contributed by atoms with Crippen molar-refractivity contribution in [1.82, 2.24) is 15.5 Å². The number of aromatic nitrogens is 2. The lowest BCUT2D eigenvalue weighted by Crippen LogP contribution is -2.22. The zero-order chi connectivity index (χ0) is 10.6. The van der Waals surface area contributed by atoms with E-state index in [0.29, 0.717) is 18.0 Å². The topological polar surface area (TPSA) is 92.2 Å². The van der Waals surface area contributed by atoms with E-state index < -0.39 is 5.97 Å². The summed E-state index contributed by atoms with van der Waals surface area (Å²) in [6, 6.07) is 0. The van der Waals surface area contributed by atoms with Crippen LogP contribution in [0.25, 0.3) is 0 Å². The molecule has 0 saturated carbocycles. The van der Waals surface area contributed by atoms with Gasteiger partial charge in [0.1, 0.15) is 5.01 Å². The van der Waals surface area contributed by atoms with E-state index in [1.807, 2.05) is 0 Å². The average molecular weight is 215 g/mol. The lowest BCUT2D eigenvalue weighted by Gasteiger charge is -1.96. The van der Waals surface area contributed by atoms with E-state index in [2.05, 4.69) is 15.5 Å². The SMILES string of the molecule is CC(=O)NCCc1nnc(C(=O)O)s1. The summed E-state index contributed by atoms with van der Waals surface area (Å²) in [5.74, 6) is -1.19. The molecule has 0 fully saturated rings. The summed E-state index contributed by atoms with van der Waals surface area (Å²) in [6.45, 7) is 1.87. The summed E-state index contributed by atoms with van der Waals surface area (Å²) >= 11 is 1.02. The molecule has 0 aromatic carbocycles. The van der Waals surface area contributed by atoms with Crippen molar-refractivity contribution in [3.05, 3.63) is 10.0 Å². The molecule has 1 heterocycles. The number of nitrogens with one attached hydrogen (secondary N) is 1. The van der Waals surface area contributed by atoms with Crippen molar-refractivity contribution in [2.45, 2.75) is 13.3 Å². The van der Waals surface area contributed by atoms with Gasteiger partial charge in [-0.25, -0.2) is 4.79 Å². The van der Waals surface area contributed by atoms with Crippen LogP contribution in [0.15, 0.2) is 0 Å². The first-order chi connectivity index (χ1) is 6.59. The monoisotopic (exact) mass is 215 g/mol. The highest BCUT2D eigenvalue weighted by atomic mass is 32.1. The van der Waals surface area contributed by atoms with Crippen LogP contribution in [0.5, 0.6) is 0 Å². The van der Waals surface area contributed by atoms with Crippen molar-refractivity contribution in [3.63, 3.8) is 0 Å². The molecule has 0 spiro atoms. The summed E-state index contributed by atoms with van der Waals surface area (Å²) in [6.07, 6.45) is 0.504. The molecule has 0 atom stereocenters. The van der Waals surface area contributed by atoms with Gasteiger partial charge < -0.3 is 10.4 Å². The minimum atomic E-state index is -1.08. The zero-order valence-electron chi connectivity index (χ0n) is 7.48. The summed E-state index contributed by atoms with van der Waals surface area (Å²) in [5.41, 5.74) is 0. The van der Waals surface area contributed by atoms with Gasteiger partial charge in [-0.3, -0.25) is 4.79 Å². The molecular weight excluding hydrogens is 206 g/mol. The van der Waals surface area contributed by atoms with Gasteiger partial charge in [0, 0.05) is 19.9 Å². The number of carboxylic acid groups (broad SMARTS) is 1. The van der Waals surface area contributed by atoms with Gasteiger partial charge in [-0.2, -0.15) is 0 Å². The van der Waals surface area contributed by atoms with Crippen LogP contribution in [0.1, 0.15) is 21.7 Å². The Morgan fingerprint density at radius 1 is 1.50 bits per heavy atom. The quantitative estimate of drug-likeness (QED) is 0.732. The van der Waals surface area contributed by atoms with Gasteiger partial charge >= 0.3 is 5.97 Å². The number of nitrogens with zero attached hydrogens (tertiary/aromatic N) is 2. The fourth-order valence-corrected chi connectivity index (χ4v) is 1.46. The number of rotatable bonds is 4. The third kappa shape index (κ3) is 3.09. The Morgan fingerprint density at radius 2 is 2.21 bits per heavy atom. The molecule has 7 heteroatoms. The van der Waals surface area contributed by atoms with Crippen LogP contribution in [-0.2, 0) is 11.2 Å². The molecule has 0 radical (unpaired) electrons. The molecule has 0 aliphatic heterocycles.